The summed E-state index contributed by atoms with van der Waals surface area (Å²) in [5.74, 6) is -0.424. The Balaban J connectivity index is 0.00000169. The van der Waals surface area contributed by atoms with Crippen molar-refractivity contribution in [3.8, 4) is 0 Å². The number of aryl methyl sites for hydroxylation is 2. The highest BCUT2D eigenvalue weighted by molar-refractivity contribution is 7.11. The summed E-state index contributed by atoms with van der Waals surface area (Å²) in [4.78, 5) is 16.1. The molecule has 1 aromatic heterocycles. The first-order chi connectivity index (χ1) is 6.06. The molecule has 0 spiro atoms. The van der Waals surface area contributed by atoms with E-state index in [0.717, 1.165) is 15.6 Å². The van der Waals surface area contributed by atoms with E-state index < -0.39 is 12.0 Å². The molecule has 0 fully saturated rings. The summed E-state index contributed by atoms with van der Waals surface area (Å²) in [6, 6.07) is -0.698. The Kier molecular flexibility index (Phi) is 5.04. The SMILES string of the molecule is COC(=O)C(N)c1sc(C)nc1C.Cl. The van der Waals surface area contributed by atoms with Crippen LogP contribution in [0.5, 0.6) is 0 Å². The second-order valence-corrected chi connectivity index (χ2v) is 3.92. The van der Waals surface area contributed by atoms with Crippen LogP contribution in [0.1, 0.15) is 21.6 Å². The average Bonchev–Trinajstić information content (AvgIpc) is 2.42. The highest BCUT2D eigenvalue weighted by atomic mass is 35.5. The minimum Gasteiger partial charge on any atom is -0.468 e. The van der Waals surface area contributed by atoms with E-state index in [0.29, 0.717) is 0 Å². The summed E-state index contributed by atoms with van der Waals surface area (Å²) in [5.41, 5.74) is 6.47. The first-order valence-electron chi connectivity index (χ1n) is 3.83. The summed E-state index contributed by atoms with van der Waals surface area (Å²) in [6.07, 6.45) is 0. The molecule has 0 saturated heterocycles. The second kappa shape index (κ2) is 5.29. The monoisotopic (exact) mass is 236 g/mol. The van der Waals surface area contributed by atoms with Crippen LogP contribution >= 0.6 is 23.7 Å². The Bertz CT molecular complexity index is 327. The molecule has 0 aliphatic carbocycles. The first kappa shape index (κ1) is 13.4. The third-order valence-electron chi connectivity index (χ3n) is 1.68. The van der Waals surface area contributed by atoms with E-state index in [1.54, 1.807) is 0 Å². The molecule has 0 aromatic carbocycles. The number of nitrogens with two attached hydrogens (primary N) is 1. The van der Waals surface area contributed by atoms with Crippen molar-refractivity contribution in [2.24, 2.45) is 5.73 Å². The van der Waals surface area contributed by atoms with Crippen LogP contribution in [0.25, 0.3) is 0 Å². The predicted octanol–water partition coefficient (Wildman–Crippen LogP) is 1.35. The van der Waals surface area contributed by atoms with Crippen LogP contribution in [0.15, 0.2) is 0 Å². The van der Waals surface area contributed by atoms with E-state index >= 15 is 0 Å². The smallest absolute Gasteiger partial charge is 0.328 e. The lowest BCUT2D eigenvalue weighted by Crippen LogP contribution is -2.22. The van der Waals surface area contributed by atoms with E-state index in [1.807, 2.05) is 13.8 Å². The zero-order valence-electron chi connectivity index (χ0n) is 8.23. The molecular weight excluding hydrogens is 224 g/mol. The van der Waals surface area contributed by atoms with E-state index in [-0.39, 0.29) is 12.4 Å². The largest absolute Gasteiger partial charge is 0.468 e. The lowest BCUT2D eigenvalue weighted by atomic mass is 10.2. The molecule has 1 heterocycles. The summed E-state index contributed by atoms with van der Waals surface area (Å²) < 4.78 is 4.55. The van der Waals surface area contributed by atoms with Crippen molar-refractivity contribution in [1.29, 1.82) is 0 Å². The van der Waals surface area contributed by atoms with Crippen molar-refractivity contribution in [2.75, 3.05) is 7.11 Å². The number of carbonyl (C=O) groups excluding carboxylic acids is 1. The van der Waals surface area contributed by atoms with Gasteiger partial charge in [0.15, 0.2) is 0 Å². The standard InChI is InChI=1S/C8H12N2O2S.ClH/c1-4-7(13-5(2)10-4)6(9)8(11)12-3;/h6H,9H2,1-3H3;1H. The second-order valence-electron chi connectivity index (χ2n) is 2.68. The molecule has 0 aliphatic rings. The molecule has 4 nitrogen and oxygen atoms in total. The maximum Gasteiger partial charge on any atom is 0.328 e. The highest BCUT2D eigenvalue weighted by Gasteiger charge is 2.21. The van der Waals surface area contributed by atoms with Crippen molar-refractivity contribution in [3.63, 3.8) is 0 Å². The third-order valence-corrected chi connectivity index (χ3v) is 2.83. The Morgan fingerprint density at radius 1 is 1.57 bits per heavy atom. The lowest BCUT2D eigenvalue weighted by Gasteiger charge is -2.06. The van der Waals surface area contributed by atoms with Crippen LogP contribution in [-0.2, 0) is 9.53 Å². The number of ether oxygens (including phenoxy) is 1. The van der Waals surface area contributed by atoms with Gasteiger partial charge in [-0.2, -0.15) is 0 Å². The van der Waals surface area contributed by atoms with Gasteiger partial charge in [0.25, 0.3) is 0 Å². The van der Waals surface area contributed by atoms with Crippen LogP contribution < -0.4 is 5.73 Å². The van der Waals surface area contributed by atoms with Crippen molar-refractivity contribution in [1.82, 2.24) is 4.98 Å². The fourth-order valence-electron chi connectivity index (χ4n) is 1.07. The lowest BCUT2D eigenvalue weighted by molar-refractivity contribution is -0.142. The van der Waals surface area contributed by atoms with E-state index in [1.165, 1.54) is 18.4 Å². The Morgan fingerprint density at radius 2 is 2.14 bits per heavy atom. The van der Waals surface area contributed by atoms with Crippen molar-refractivity contribution < 1.29 is 9.53 Å². The molecule has 0 radical (unpaired) electrons. The first-order valence-corrected chi connectivity index (χ1v) is 4.65. The molecule has 1 rings (SSSR count). The average molecular weight is 237 g/mol. The topological polar surface area (TPSA) is 65.2 Å². The minimum atomic E-state index is -0.698. The quantitative estimate of drug-likeness (QED) is 0.788. The number of methoxy groups -OCH3 is 1. The van der Waals surface area contributed by atoms with E-state index in [2.05, 4.69) is 9.72 Å². The van der Waals surface area contributed by atoms with Gasteiger partial charge < -0.3 is 10.5 Å². The third kappa shape index (κ3) is 2.67. The molecule has 0 amide bonds. The Labute approximate surface area is 92.9 Å². The molecule has 80 valence electrons. The van der Waals surface area contributed by atoms with E-state index in [9.17, 15) is 4.79 Å². The number of aromatic nitrogens is 1. The summed E-state index contributed by atoms with van der Waals surface area (Å²) in [5, 5.41) is 0.909. The fourth-order valence-corrected chi connectivity index (χ4v) is 1.99. The summed E-state index contributed by atoms with van der Waals surface area (Å²) >= 11 is 1.43. The van der Waals surface area contributed by atoms with E-state index in [4.69, 9.17) is 5.73 Å². The van der Waals surface area contributed by atoms with Gasteiger partial charge in [-0.3, -0.25) is 0 Å². The molecule has 0 bridgehead atoms. The number of rotatable bonds is 2. The number of halogens is 1. The van der Waals surface area contributed by atoms with Crippen molar-refractivity contribution in [3.05, 3.63) is 15.6 Å². The number of carbonyl (C=O) groups is 1. The molecule has 2 N–H and O–H groups in total. The number of hydrogen-bond donors (Lipinski definition) is 1. The zero-order chi connectivity index (χ0) is 10.0. The van der Waals surface area contributed by atoms with Crippen molar-refractivity contribution in [2.45, 2.75) is 19.9 Å². The van der Waals surface area contributed by atoms with Gasteiger partial charge in [-0.25, -0.2) is 9.78 Å². The fraction of sp³-hybridized carbons (Fsp3) is 0.500. The van der Waals surface area contributed by atoms with Gasteiger partial charge in [-0.15, -0.1) is 23.7 Å². The Hall–Kier alpha value is -0.650. The summed E-state index contributed by atoms with van der Waals surface area (Å²) in [7, 11) is 1.32. The Morgan fingerprint density at radius 3 is 2.50 bits per heavy atom. The van der Waals surface area contributed by atoms with Crippen molar-refractivity contribution >= 4 is 29.7 Å². The normalized spacial score (nSPS) is 11.7. The van der Waals surface area contributed by atoms with Crippen LogP contribution in [0.2, 0.25) is 0 Å². The van der Waals surface area contributed by atoms with Gasteiger partial charge in [0.05, 0.1) is 22.7 Å². The number of nitrogens with zero attached hydrogens (tertiary/aromatic N) is 1. The van der Waals surface area contributed by atoms with Gasteiger partial charge >= 0.3 is 5.97 Å². The predicted molar refractivity (Wildman–Crippen MR) is 57.8 cm³/mol. The minimum absolute atomic E-state index is 0. The van der Waals surface area contributed by atoms with Crippen LogP contribution in [0.4, 0.5) is 0 Å². The van der Waals surface area contributed by atoms with Crippen LogP contribution in [0, 0.1) is 13.8 Å². The molecule has 1 aromatic rings. The van der Waals surface area contributed by atoms with Gasteiger partial charge in [-0.05, 0) is 13.8 Å². The summed E-state index contributed by atoms with van der Waals surface area (Å²) in [6.45, 7) is 3.72. The number of thiazole rings is 1. The van der Waals surface area contributed by atoms with Crippen LogP contribution in [0.3, 0.4) is 0 Å². The number of hydrogen-bond acceptors (Lipinski definition) is 5. The zero-order valence-corrected chi connectivity index (χ0v) is 9.87. The van der Waals surface area contributed by atoms with Gasteiger partial charge in [-0.1, -0.05) is 0 Å². The molecule has 1 atom stereocenters. The van der Waals surface area contributed by atoms with Gasteiger partial charge in [0.2, 0.25) is 0 Å². The number of esters is 1. The maximum absolute atomic E-state index is 11.1. The molecule has 0 saturated carbocycles. The molecule has 1 unspecified atom stereocenters. The highest BCUT2D eigenvalue weighted by Crippen LogP contribution is 2.23. The molecule has 6 heteroatoms. The van der Waals surface area contributed by atoms with Gasteiger partial charge in [0, 0.05) is 0 Å². The van der Waals surface area contributed by atoms with Gasteiger partial charge in [0.1, 0.15) is 6.04 Å². The maximum atomic E-state index is 11.1. The molecule has 14 heavy (non-hydrogen) atoms. The molecular formula is C8H13ClN2O2S. The van der Waals surface area contributed by atoms with Crippen LogP contribution in [-0.4, -0.2) is 18.1 Å². The molecule has 0 aliphatic heterocycles.